The zero-order valence-electron chi connectivity index (χ0n) is 38.2. The van der Waals surface area contributed by atoms with Crippen molar-refractivity contribution in [1.82, 2.24) is 14.7 Å². The van der Waals surface area contributed by atoms with Crippen LogP contribution in [0.15, 0.2) is 69.3 Å². The Balaban J connectivity index is 0.000000256. The zero-order valence-corrected chi connectivity index (χ0v) is 43.8. The highest BCUT2D eigenvalue weighted by molar-refractivity contribution is 8.00. The van der Waals surface area contributed by atoms with Gasteiger partial charge in [-0.25, -0.2) is 14.1 Å². The van der Waals surface area contributed by atoms with Crippen LogP contribution in [0.1, 0.15) is 44.7 Å². The van der Waals surface area contributed by atoms with Gasteiger partial charge >= 0.3 is 24.4 Å². The van der Waals surface area contributed by atoms with E-state index in [0.29, 0.717) is 35.1 Å². The number of carbonyl (C=O) groups excluding carboxylic acids is 3. The summed E-state index contributed by atoms with van der Waals surface area (Å²) >= 11 is 25.1. The van der Waals surface area contributed by atoms with Gasteiger partial charge in [0, 0.05) is 25.1 Å². The SMILES string of the molecule is CC1COc2ccccc2N1C(=O)C(Cl)Cl.CCc1cccc(CC)c1N(COC)C(=O)CCl.COC(=O)CSc1cc(/N=c2\sc(=O)n3n2CCCC3)c(F)cc1Cl.O=C(O)CNCP(=O)(O)O. The van der Waals surface area contributed by atoms with Gasteiger partial charge in [0.05, 0.1) is 48.1 Å². The standard InChI is InChI=1S/C15H15ClFN3O3S2.C14H20ClNO2.C11H11Cl2NO2.C3H8NO5P/c1-23-13(21)8-24-12-7-11(10(17)6-9(12)16)18-14-19-4-2-3-5-20(19)15(22)25-14;1-4-11-7-6-8-12(5-2)14(11)16(10-18-3)13(17)9-15;1-7-6-16-9-5-3-2-4-8(9)14(7)11(15)10(12)13;5-3(6)1-4-2-10(7,8)9/h6-7H,2-5,8H2,1H3;6-8H,4-5,9-10H2,1-3H3;2-5,7,10H,6H2,1H3;4H,1-2H2,(H,5,6)(H2,7,8,9)/b18-14-;;;. The number of anilines is 2. The molecule has 0 radical (unpaired) electrons. The van der Waals surface area contributed by atoms with Gasteiger partial charge in [-0.1, -0.05) is 79.0 Å². The molecule has 0 fully saturated rings. The molecule has 0 spiro atoms. The van der Waals surface area contributed by atoms with Crippen molar-refractivity contribution in [1.29, 1.82) is 0 Å². The Morgan fingerprint density at radius 3 is 2.25 bits per heavy atom. The van der Waals surface area contributed by atoms with Crippen molar-refractivity contribution in [3.63, 3.8) is 0 Å². The highest BCUT2D eigenvalue weighted by Gasteiger charge is 2.32. The summed E-state index contributed by atoms with van der Waals surface area (Å²) in [5.74, 6) is -1.87. The normalized spacial score (nSPS) is 14.1. The molecule has 0 bridgehead atoms. The average molecular weight is 1100 g/mol. The van der Waals surface area contributed by atoms with Gasteiger partial charge in [0.1, 0.15) is 36.5 Å². The molecule has 2 amide bonds. The van der Waals surface area contributed by atoms with Crippen LogP contribution in [0.4, 0.5) is 21.5 Å². The second-order valence-corrected chi connectivity index (χ2v) is 20.0. The lowest BCUT2D eigenvalue weighted by Crippen LogP contribution is -2.47. The van der Waals surface area contributed by atoms with Crippen molar-refractivity contribution in [3.8, 4) is 5.75 Å². The number of fused-ring (bicyclic) bond motifs is 2. The van der Waals surface area contributed by atoms with Crippen molar-refractivity contribution in [2.24, 2.45) is 4.99 Å². The van der Waals surface area contributed by atoms with Gasteiger partial charge in [0.25, 0.3) is 5.91 Å². The van der Waals surface area contributed by atoms with E-state index in [2.05, 4.69) is 28.9 Å². The van der Waals surface area contributed by atoms with Crippen LogP contribution in [0, 0.1) is 5.82 Å². The third-order valence-electron chi connectivity index (χ3n) is 9.65. The first kappa shape index (κ1) is 59.3. The van der Waals surface area contributed by atoms with E-state index in [0.717, 1.165) is 77.3 Å². The minimum Gasteiger partial charge on any atom is -0.489 e. The maximum absolute atomic E-state index is 14.3. The third kappa shape index (κ3) is 18.3. The van der Waals surface area contributed by atoms with Crippen LogP contribution < -0.4 is 29.5 Å². The Labute approximate surface area is 426 Å². The number of thioether (sulfide) groups is 1. The lowest BCUT2D eigenvalue weighted by Gasteiger charge is -2.35. The maximum atomic E-state index is 14.3. The number of carboxylic acids is 1. The summed E-state index contributed by atoms with van der Waals surface area (Å²) in [4.78, 5) is 80.6. The fourth-order valence-corrected chi connectivity index (χ4v) is 9.25. The molecule has 2 aliphatic rings. The number of aliphatic carboxylic acids is 1. The van der Waals surface area contributed by atoms with Gasteiger partial charge in [-0.05, 0) is 79.3 Å². The van der Waals surface area contributed by atoms with Gasteiger partial charge in [-0.15, -0.1) is 23.4 Å². The Bertz CT molecular complexity index is 2540. The maximum Gasteiger partial charge on any atom is 0.339 e. The summed E-state index contributed by atoms with van der Waals surface area (Å²) in [6.07, 6.45) is 3.05. The molecule has 0 saturated carbocycles. The first-order valence-electron chi connectivity index (χ1n) is 21.0. The first-order chi connectivity index (χ1) is 32.7. The van der Waals surface area contributed by atoms with Gasteiger partial charge in [-0.2, -0.15) is 0 Å². The van der Waals surface area contributed by atoms with Crippen molar-refractivity contribution in [3.05, 3.63) is 91.0 Å². The van der Waals surface area contributed by atoms with E-state index in [9.17, 15) is 32.9 Å². The molecule has 0 saturated heterocycles. The van der Waals surface area contributed by atoms with Crippen LogP contribution in [-0.2, 0) is 59.1 Å². The lowest BCUT2D eigenvalue weighted by molar-refractivity contribution is -0.137. The second-order valence-electron chi connectivity index (χ2n) is 14.6. The monoisotopic (exact) mass is 1100 g/mol. The molecule has 1 aromatic heterocycles. The first-order valence-corrected chi connectivity index (χ1v) is 26.4. The summed E-state index contributed by atoms with van der Waals surface area (Å²) in [6.45, 7) is 7.61. The number of amides is 2. The Morgan fingerprint density at radius 2 is 1.68 bits per heavy atom. The molecule has 1 atom stereocenters. The molecular formula is C43H54Cl4FN6O12PS2. The predicted molar refractivity (Wildman–Crippen MR) is 267 cm³/mol. The summed E-state index contributed by atoms with van der Waals surface area (Å²) in [6, 6.07) is 16.0. The highest BCUT2D eigenvalue weighted by atomic mass is 35.5. The largest absolute Gasteiger partial charge is 0.489 e. The fraction of sp³-hybridized carbons (Fsp3) is 0.442. The van der Waals surface area contributed by atoms with Crippen LogP contribution in [-0.4, -0.2) is 111 Å². The number of carboxylic acid groups (broad SMARTS) is 1. The number of benzene rings is 3. The molecule has 0 aliphatic carbocycles. The number of para-hydroxylation sites is 3. The minimum atomic E-state index is -4.10. The molecule has 3 aromatic carbocycles. The summed E-state index contributed by atoms with van der Waals surface area (Å²) < 4.78 is 42.9. The quantitative estimate of drug-likeness (QED) is 0.0304. The number of nitrogens with one attached hydrogen (secondary N) is 1. The number of rotatable bonds is 15. The van der Waals surface area contributed by atoms with E-state index in [1.54, 1.807) is 26.3 Å². The number of methoxy groups -OCH3 is 2. The molecule has 69 heavy (non-hydrogen) atoms. The minimum absolute atomic E-state index is 0.0371. The molecule has 3 heterocycles. The van der Waals surface area contributed by atoms with E-state index >= 15 is 0 Å². The molecule has 4 aromatic rings. The Hall–Kier alpha value is -3.99. The van der Waals surface area contributed by atoms with E-state index in [1.165, 1.54) is 13.2 Å². The van der Waals surface area contributed by atoms with Crippen LogP contribution in [0.5, 0.6) is 5.75 Å². The Kier molecular flexibility index (Phi) is 25.3. The van der Waals surface area contributed by atoms with Crippen molar-refractivity contribution >= 4 is 118 Å². The van der Waals surface area contributed by atoms with Crippen molar-refractivity contribution in [2.75, 3.05) is 61.8 Å². The van der Waals surface area contributed by atoms with Gasteiger partial charge in [-0.3, -0.25) is 43.4 Å². The summed E-state index contributed by atoms with van der Waals surface area (Å²) in [5.41, 5.74) is 4.04. The highest BCUT2D eigenvalue weighted by Crippen LogP contribution is 2.36. The van der Waals surface area contributed by atoms with Crippen LogP contribution in [0.3, 0.4) is 0 Å². The smallest absolute Gasteiger partial charge is 0.339 e. The molecule has 6 rings (SSSR count). The number of halogens is 5. The molecule has 380 valence electrons. The number of aromatic nitrogens is 2. The molecule has 1 unspecified atom stereocenters. The van der Waals surface area contributed by atoms with E-state index in [-0.39, 0.29) is 51.8 Å². The van der Waals surface area contributed by atoms with Gasteiger partial charge < -0.3 is 34.0 Å². The predicted octanol–water partition coefficient (Wildman–Crippen LogP) is 7.18. The van der Waals surface area contributed by atoms with E-state index in [4.69, 9.17) is 70.8 Å². The average Bonchev–Trinajstić information content (AvgIpc) is 3.64. The third-order valence-corrected chi connectivity index (χ3v) is 13.2. The molecule has 4 N–H and O–H groups in total. The summed E-state index contributed by atoms with van der Waals surface area (Å²) in [5, 5.41) is 10.3. The van der Waals surface area contributed by atoms with Crippen LogP contribution in [0.2, 0.25) is 5.02 Å². The van der Waals surface area contributed by atoms with Crippen LogP contribution >= 0.6 is 77.1 Å². The van der Waals surface area contributed by atoms with Gasteiger partial charge in [0.15, 0.2) is 4.84 Å². The topological polar surface area (TPSA) is 232 Å². The summed E-state index contributed by atoms with van der Waals surface area (Å²) in [7, 11) is -1.22. The molecule has 18 nitrogen and oxygen atoms in total. The van der Waals surface area contributed by atoms with Crippen LogP contribution in [0.25, 0.3) is 0 Å². The van der Waals surface area contributed by atoms with E-state index in [1.807, 2.05) is 49.4 Å². The fourth-order valence-electron chi connectivity index (χ4n) is 6.51. The molecule has 26 heteroatoms. The van der Waals surface area contributed by atoms with Crippen molar-refractivity contribution in [2.45, 2.75) is 75.3 Å². The molecule has 2 aliphatic heterocycles. The number of hydrogen-bond acceptors (Lipinski definition) is 13. The zero-order chi connectivity index (χ0) is 51.4. The van der Waals surface area contributed by atoms with E-state index < -0.39 is 43.0 Å². The van der Waals surface area contributed by atoms with Crippen molar-refractivity contribution < 1.29 is 57.2 Å². The number of aryl methyl sites for hydroxylation is 2. The van der Waals surface area contributed by atoms with Gasteiger partial charge in [0.2, 0.25) is 10.7 Å². The number of esters is 1. The number of nitrogens with zero attached hydrogens (tertiary/aromatic N) is 5. The second kappa shape index (κ2) is 29.4. The number of ether oxygens (including phenoxy) is 3. The molecular weight excluding hydrogens is 1050 g/mol. The number of alkyl halides is 3. The number of carbonyl (C=O) groups is 4. The Morgan fingerprint density at radius 1 is 1.04 bits per heavy atom. The number of hydrogen-bond donors (Lipinski definition) is 4. The lowest BCUT2D eigenvalue weighted by atomic mass is 10.0.